The summed E-state index contributed by atoms with van der Waals surface area (Å²) >= 11 is 0. The highest BCUT2D eigenvalue weighted by atomic mass is 16.5. The normalized spacial score (nSPS) is 27.1. The molecule has 4 bridgehead atoms. The molecule has 0 unspecified atom stereocenters. The molecule has 0 aromatic carbocycles. The quantitative estimate of drug-likeness (QED) is 0.0452. The fraction of sp³-hybridized carbons (Fsp3) is 0.675. The first kappa shape index (κ1) is 71.0. The molecule has 0 radical (unpaired) electrons. The first-order chi connectivity index (χ1) is 47.9. The van der Waals surface area contributed by atoms with E-state index in [9.17, 15) is 5.11 Å². The van der Waals surface area contributed by atoms with E-state index >= 15 is 0 Å². The van der Waals surface area contributed by atoms with Crippen LogP contribution < -0.4 is 21.3 Å². The molecule has 5 aliphatic heterocycles. The number of aliphatic hydroxyl groups excluding tert-OH is 1. The van der Waals surface area contributed by atoms with Crippen molar-refractivity contribution in [3.8, 4) is 11.1 Å². The average molecular weight is 1360 g/mol. The Bertz CT molecular complexity index is 3870. The van der Waals surface area contributed by atoms with E-state index in [0.717, 1.165) is 111 Å². The van der Waals surface area contributed by atoms with Gasteiger partial charge in [0.25, 0.3) is 0 Å². The third-order valence-corrected chi connectivity index (χ3v) is 23.3. The van der Waals surface area contributed by atoms with Gasteiger partial charge in [-0.3, -0.25) is 14.5 Å². The highest BCUT2D eigenvalue weighted by Gasteiger charge is 2.37. The summed E-state index contributed by atoms with van der Waals surface area (Å²) in [5.74, 6) is 5.15. The van der Waals surface area contributed by atoms with E-state index in [-0.39, 0.29) is 29.8 Å². The van der Waals surface area contributed by atoms with E-state index < -0.39 is 0 Å². The van der Waals surface area contributed by atoms with Crippen LogP contribution in [0.5, 0.6) is 0 Å². The van der Waals surface area contributed by atoms with E-state index in [4.69, 9.17) is 34.6 Å². The number of nitrogens with zero attached hydrogens (tertiary/aromatic N) is 14. The van der Waals surface area contributed by atoms with Crippen LogP contribution in [0.15, 0.2) is 61.3 Å². The second-order valence-corrected chi connectivity index (χ2v) is 31.9. The van der Waals surface area contributed by atoms with Crippen molar-refractivity contribution in [1.82, 2.24) is 73.6 Å². The van der Waals surface area contributed by atoms with Gasteiger partial charge in [-0.05, 0) is 180 Å². The maximum absolute atomic E-state index is 10.1. The first-order valence-corrected chi connectivity index (χ1v) is 37.8. The molecule has 7 aromatic rings. The number of aliphatic hydroxyl groups is 1. The summed E-state index contributed by atoms with van der Waals surface area (Å²) in [6.07, 6.45) is 36.1. The lowest BCUT2D eigenvalue weighted by atomic mass is 9.81. The van der Waals surface area contributed by atoms with Crippen LogP contribution in [0.25, 0.3) is 38.8 Å². The van der Waals surface area contributed by atoms with Gasteiger partial charge in [0, 0.05) is 160 Å². The molecule has 12 heterocycles. The lowest BCUT2D eigenvalue weighted by molar-refractivity contribution is 0.108. The third kappa shape index (κ3) is 16.4. The fourth-order valence-electron chi connectivity index (χ4n) is 17.5. The molecule has 5 N–H and O–H groups in total. The molecule has 6 fully saturated rings. The number of nitrogens with one attached hydrogen (secondary N) is 4. The van der Waals surface area contributed by atoms with Crippen molar-refractivity contribution >= 4 is 45.5 Å². The van der Waals surface area contributed by atoms with Gasteiger partial charge in [-0.1, -0.05) is 51.7 Å². The molecule has 15 rings (SSSR count). The van der Waals surface area contributed by atoms with Crippen LogP contribution in [0.2, 0.25) is 0 Å². The number of piperazine rings is 1. The van der Waals surface area contributed by atoms with E-state index in [2.05, 4.69) is 168 Å². The zero-order chi connectivity index (χ0) is 69.1. The Kier molecular flexibility index (Phi) is 22.6. The van der Waals surface area contributed by atoms with Gasteiger partial charge in [0.05, 0.1) is 72.8 Å². The highest BCUT2D eigenvalue weighted by Crippen LogP contribution is 2.45. The monoisotopic (exact) mass is 1360 g/mol. The zero-order valence-electron chi connectivity index (χ0n) is 61.6. The lowest BCUT2D eigenvalue weighted by Crippen LogP contribution is -2.50. The SMILES string of the molecule is COC[C@H](C)Nc1ncc2c(-c3cnn(C(C)(C)CN4CCN(C)CC4)c3)cc(C3CCC(O)CC3)n2n1.COC[C@H](C)Nc1ncc2c(C3=C[C@@H]4CC[C@H](C3)N4C)cc(C3CCC(C)CC3)n2n1.COC[C@H](C)Nc1ncc2c(C3=C[C@H]4CC[C@@H](C3)N4)cc(C3CCC(C)CC3)n2n1. The van der Waals surface area contributed by atoms with Gasteiger partial charge < -0.3 is 45.5 Å². The number of hydrogen-bond acceptors (Lipinski definition) is 18. The molecule has 3 aliphatic carbocycles. The molecule has 22 heteroatoms. The molecule has 0 amide bonds. The largest absolute Gasteiger partial charge is 0.393 e. The van der Waals surface area contributed by atoms with Crippen LogP contribution in [0.4, 0.5) is 17.8 Å². The van der Waals surface area contributed by atoms with Crippen molar-refractivity contribution in [3.63, 3.8) is 0 Å². The Morgan fingerprint density at radius 3 is 1.49 bits per heavy atom. The van der Waals surface area contributed by atoms with Crippen LogP contribution in [0, 0.1) is 11.8 Å². The molecular weight excluding hydrogens is 1240 g/mol. The van der Waals surface area contributed by atoms with E-state index in [1.807, 2.05) is 24.8 Å². The summed E-state index contributed by atoms with van der Waals surface area (Å²) in [7, 11) is 9.62. The average Bonchev–Trinajstić information content (AvgIpc) is 1.62. The summed E-state index contributed by atoms with van der Waals surface area (Å²) in [6, 6.07) is 10.0. The Labute approximate surface area is 587 Å². The molecule has 3 saturated carbocycles. The van der Waals surface area contributed by atoms with Gasteiger partial charge in [-0.25, -0.2) is 28.5 Å². The maximum atomic E-state index is 10.1. The predicted molar refractivity (Wildman–Crippen MR) is 396 cm³/mol. The molecule has 99 heavy (non-hydrogen) atoms. The third-order valence-electron chi connectivity index (χ3n) is 23.3. The van der Waals surface area contributed by atoms with Crippen molar-refractivity contribution < 1.29 is 19.3 Å². The summed E-state index contributed by atoms with van der Waals surface area (Å²) in [4.78, 5) is 21.5. The minimum Gasteiger partial charge on any atom is -0.393 e. The number of aromatic nitrogens is 11. The van der Waals surface area contributed by atoms with Crippen molar-refractivity contribution in [3.05, 3.63) is 89.5 Å². The van der Waals surface area contributed by atoms with E-state index in [1.165, 1.54) is 116 Å². The molecule has 8 aliphatic rings. The summed E-state index contributed by atoms with van der Waals surface area (Å²) < 4.78 is 24.4. The molecule has 22 nitrogen and oxygen atoms in total. The number of methoxy groups -OCH3 is 3. The molecule has 3 saturated heterocycles. The van der Waals surface area contributed by atoms with Gasteiger partial charge in [-0.15, -0.1) is 15.3 Å². The number of ether oxygens (including phenoxy) is 3. The lowest BCUT2D eigenvalue weighted by Gasteiger charge is -2.37. The molecule has 538 valence electrons. The Balaban J connectivity index is 0.000000134. The second-order valence-electron chi connectivity index (χ2n) is 31.9. The standard InChI is InChI=1S/C28H44N8O2.C25H37N5O.C24H35N5O/c1-20(18-38-5)31-27-29-16-26-24(14-25(36(26)32-27)21-6-8-23(37)9-7-21)22-15-30-35(17-22)28(2,3)19-34-12-10-33(4)11-13-34;1-16-5-7-18(8-6-16)23-13-22(19-11-20-9-10-21(12-19)29(20)3)24-14-26-25(28-30(23)24)27-17(2)15-31-4;1-15-4-6-17(7-5-15)22-12-21(18-10-19-8-9-20(11-18)27-19)23-13-25-24(28-29(22)23)26-16(2)14-30-3/h14-17,20-21,23,37H,6-13,18-19H2,1-5H3,(H,31,32);11,13-14,16-18,20-21H,5-10,12,15H2,1-4H3,(H,27,28);10,12-13,15-17,19-20,27H,4-9,11,14H2,1-3H3,(H,26,28)/t20-,21?,23?;16?,17-,18?,20-,21+;15?,16-,17?,19+,20-/m000/s1. The van der Waals surface area contributed by atoms with Gasteiger partial charge in [-0.2, -0.15) is 5.10 Å². The minimum atomic E-state index is -0.195. The van der Waals surface area contributed by atoms with Crippen LogP contribution in [-0.4, -0.2) is 210 Å². The van der Waals surface area contributed by atoms with Crippen molar-refractivity contribution in [2.45, 2.75) is 236 Å². The number of hydrogen-bond donors (Lipinski definition) is 5. The highest BCUT2D eigenvalue weighted by molar-refractivity contribution is 5.83. The smallest absolute Gasteiger partial charge is 0.241 e. The first-order valence-electron chi connectivity index (χ1n) is 37.8. The van der Waals surface area contributed by atoms with E-state index in [0.29, 0.717) is 79.6 Å². The Morgan fingerprint density at radius 2 is 1.02 bits per heavy atom. The maximum Gasteiger partial charge on any atom is 0.241 e. The van der Waals surface area contributed by atoms with Crippen LogP contribution in [0.3, 0.4) is 0 Å². The fourth-order valence-corrected chi connectivity index (χ4v) is 17.5. The Morgan fingerprint density at radius 1 is 0.556 bits per heavy atom. The molecular formula is C77H116N18O4. The van der Waals surface area contributed by atoms with Crippen molar-refractivity contribution in [2.75, 3.05) is 104 Å². The van der Waals surface area contributed by atoms with Crippen LogP contribution >= 0.6 is 0 Å². The zero-order valence-corrected chi connectivity index (χ0v) is 61.6. The van der Waals surface area contributed by atoms with E-state index in [1.54, 1.807) is 21.3 Å². The van der Waals surface area contributed by atoms with Crippen LogP contribution in [-0.2, 0) is 19.7 Å². The topological polar surface area (TPSA) is 214 Å². The Hall–Kier alpha value is -6.37. The van der Waals surface area contributed by atoms with Crippen LogP contribution in [0.1, 0.15) is 210 Å². The summed E-state index contributed by atoms with van der Waals surface area (Å²) in [5.41, 5.74) is 14.9. The number of rotatable bonds is 21. The molecule has 7 atom stereocenters. The second kappa shape index (κ2) is 31.5. The van der Waals surface area contributed by atoms with Crippen molar-refractivity contribution in [1.29, 1.82) is 0 Å². The molecule has 0 spiro atoms. The predicted octanol–water partition coefficient (Wildman–Crippen LogP) is 12.1. The van der Waals surface area contributed by atoms with Gasteiger partial charge in [0.1, 0.15) is 0 Å². The minimum absolute atomic E-state index is 0.0986. The summed E-state index contributed by atoms with van der Waals surface area (Å²) in [5, 5.41) is 43.7. The van der Waals surface area contributed by atoms with Gasteiger partial charge >= 0.3 is 0 Å². The number of likely N-dealkylation sites (N-methyl/N-ethyl adjacent to an activating group) is 2. The summed E-state index contributed by atoms with van der Waals surface area (Å²) in [6.45, 7) is 22.8. The number of anilines is 3. The molecule has 7 aromatic heterocycles. The number of fused-ring (bicyclic) bond motifs is 7. The van der Waals surface area contributed by atoms with Gasteiger partial charge in [0.15, 0.2) is 0 Å². The van der Waals surface area contributed by atoms with Crippen molar-refractivity contribution in [2.24, 2.45) is 11.8 Å². The van der Waals surface area contributed by atoms with Gasteiger partial charge in [0.2, 0.25) is 17.8 Å².